The van der Waals surface area contributed by atoms with Crippen molar-refractivity contribution in [1.82, 2.24) is 0 Å². The van der Waals surface area contributed by atoms with Crippen molar-refractivity contribution >= 4 is 5.97 Å². The summed E-state index contributed by atoms with van der Waals surface area (Å²) in [6, 6.07) is 0. The molecule has 0 aliphatic carbocycles. The van der Waals surface area contributed by atoms with Gasteiger partial charge in [0, 0.05) is 6.42 Å². The van der Waals surface area contributed by atoms with Crippen LogP contribution in [-0.4, -0.2) is 11.1 Å². The highest BCUT2D eigenvalue weighted by Gasteiger charge is 1.92. The van der Waals surface area contributed by atoms with Gasteiger partial charge in [0.25, 0.3) is 0 Å². The number of hydrogen-bond donors (Lipinski definition) is 1. The topological polar surface area (TPSA) is 37.3 Å². The van der Waals surface area contributed by atoms with Crippen molar-refractivity contribution in [3.8, 4) is 0 Å². The number of hydrogen-bond acceptors (Lipinski definition) is 1. The SMILES string of the molecule is C/C=C\C/C=C/C/C=C/C/C=C/C/C=C/C/C=C/CCCC(=O)O. The molecule has 1 N–H and O–H groups in total. The van der Waals surface area contributed by atoms with Crippen LogP contribution >= 0.6 is 0 Å². The Kier molecular flexibility index (Phi) is 17.3. The van der Waals surface area contributed by atoms with Crippen LogP contribution < -0.4 is 0 Å². The average molecular weight is 328 g/mol. The van der Waals surface area contributed by atoms with Crippen LogP contribution in [0.25, 0.3) is 0 Å². The maximum atomic E-state index is 10.3. The van der Waals surface area contributed by atoms with Crippen LogP contribution in [0.2, 0.25) is 0 Å². The Labute approximate surface area is 147 Å². The molecule has 0 aliphatic heterocycles. The summed E-state index contributed by atoms with van der Waals surface area (Å²) in [5.41, 5.74) is 0. The summed E-state index contributed by atoms with van der Waals surface area (Å²) in [5.74, 6) is -0.717. The average Bonchev–Trinajstić information content (AvgIpc) is 2.56. The second kappa shape index (κ2) is 19.0. The monoisotopic (exact) mass is 328 g/mol. The van der Waals surface area contributed by atoms with Crippen molar-refractivity contribution in [3.05, 3.63) is 72.9 Å². The molecule has 132 valence electrons. The number of carboxylic acid groups (broad SMARTS) is 1. The van der Waals surface area contributed by atoms with Crippen LogP contribution in [0.4, 0.5) is 0 Å². The molecule has 0 heterocycles. The number of allylic oxidation sites excluding steroid dienone is 12. The molecule has 0 aromatic heterocycles. The van der Waals surface area contributed by atoms with Crippen molar-refractivity contribution in [3.63, 3.8) is 0 Å². The third-order valence-electron chi connectivity index (χ3n) is 3.19. The third kappa shape index (κ3) is 19.9. The molecule has 0 radical (unpaired) electrons. The molecule has 2 nitrogen and oxygen atoms in total. The zero-order chi connectivity index (χ0) is 17.7. The Morgan fingerprint density at radius 2 is 1.04 bits per heavy atom. The normalized spacial score (nSPS) is 13.0. The molecule has 0 spiro atoms. The molecule has 0 saturated heterocycles. The van der Waals surface area contributed by atoms with Crippen molar-refractivity contribution in [2.24, 2.45) is 0 Å². The van der Waals surface area contributed by atoms with Crippen molar-refractivity contribution in [2.45, 2.75) is 58.3 Å². The maximum absolute atomic E-state index is 10.3. The van der Waals surface area contributed by atoms with Crippen molar-refractivity contribution in [2.75, 3.05) is 0 Å². The lowest BCUT2D eigenvalue weighted by atomic mass is 10.2. The molecule has 24 heavy (non-hydrogen) atoms. The van der Waals surface area contributed by atoms with Crippen LogP contribution in [-0.2, 0) is 4.79 Å². The summed E-state index contributed by atoms with van der Waals surface area (Å²) in [6.45, 7) is 2.04. The van der Waals surface area contributed by atoms with Gasteiger partial charge in [-0.3, -0.25) is 4.79 Å². The van der Waals surface area contributed by atoms with Gasteiger partial charge in [-0.05, 0) is 51.9 Å². The molecule has 0 atom stereocenters. The van der Waals surface area contributed by atoms with E-state index >= 15 is 0 Å². The van der Waals surface area contributed by atoms with Gasteiger partial charge in [0.05, 0.1) is 0 Å². The van der Waals surface area contributed by atoms with E-state index in [2.05, 4.69) is 72.9 Å². The van der Waals surface area contributed by atoms with Gasteiger partial charge in [-0.2, -0.15) is 0 Å². The van der Waals surface area contributed by atoms with Gasteiger partial charge >= 0.3 is 5.97 Å². The van der Waals surface area contributed by atoms with E-state index in [4.69, 9.17) is 5.11 Å². The Hall–Kier alpha value is -2.09. The second-order valence-electron chi connectivity index (χ2n) is 5.39. The van der Waals surface area contributed by atoms with Crippen LogP contribution in [0.3, 0.4) is 0 Å². The zero-order valence-corrected chi connectivity index (χ0v) is 14.9. The molecule has 0 aliphatic rings. The standard InChI is InChI=1S/C22H32O2/c1-2-3-4-5-6-7-8-9-10-11-12-13-14-15-16-17-18-19-20-21-22(23)24/h2-3,5-6,8-9,11-12,14-15,17-18H,4,7,10,13,16,19-21H2,1H3,(H,23,24)/b3-2-,6-5+,9-8+,12-11+,15-14+,18-17+. The predicted octanol–water partition coefficient (Wildman–Crippen LogP) is 6.55. The summed E-state index contributed by atoms with van der Waals surface area (Å²) in [7, 11) is 0. The van der Waals surface area contributed by atoms with E-state index < -0.39 is 5.97 Å². The minimum absolute atomic E-state index is 0.256. The van der Waals surface area contributed by atoms with Gasteiger partial charge in [-0.1, -0.05) is 72.9 Å². The van der Waals surface area contributed by atoms with Crippen LogP contribution in [0.1, 0.15) is 58.3 Å². The predicted molar refractivity (Wildman–Crippen MR) is 105 cm³/mol. The molecule has 0 rings (SSSR count). The lowest BCUT2D eigenvalue weighted by Gasteiger charge is -1.89. The first-order valence-electron chi connectivity index (χ1n) is 8.85. The first-order chi connectivity index (χ1) is 11.8. The summed E-state index contributed by atoms with van der Waals surface area (Å²) in [5, 5.41) is 8.51. The van der Waals surface area contributed by atoms with E-state index in [-0.39, 0.29) is 6.42 Å². The van der Waals surface area contributed by atoms with Gasteiger partial charge in [-0.15, -0.1) is 0 Å². The molecule has 0 saturated carbocycles. The van der Waals surface area contributed by atoms with Gasteiger partial charge in [0.2, 0.25) is 0 Å². The Morgan fingerprint density at radius 1 is 0.667 bits per heavy atom. The smallest absolute Gasteiger partial charge is 0.303 e. The van der Waals surface area contributed by atoms with Crippen molar-refractivity contribution < 1.29 is 9.90 Å². The fourth-order valence-electron chi connectivity index (χ4n) is 1.88. The van der Waals surface area contributed by atoms with Gasteiger partial charge < -0.3 is 5.11 Å². The molecule has 0 bridgehead atoms. The summed E-state index contributed by atoms with van der Waals surface area (Å²) in [6.07, 6.45) is 32.5. The number of rotatable bonds is 14. The molecule has 0 aromatic rings. The fraction of sp³-hybridized carbons (Fsp3) is 0.409. The molecule has 2 heteroatoms. The number of carboxylic acids is 1. The first-order valence-corrected chi connectivity index (χ1v) is 8.85. The zero-order valence-electron chi connectivity index (χ0n) is 14.9. The summed E-state index contributed by atoms with van der Waals surface area (Å²) < 4.78 is 0. The maximum Gasteiger partial charge on any atom is 0.303 e. The number of unbranched alkanes of at least 4 members (excludes halogenated alkanes) is 1. The van der Waals surface area contributed by atoms with E-state index in [1.165, 1.54) is 0 Å². The molecular weight excluding hydrogens is 296 g/mol. The van der Waals surface area contributed by atoms with E-state index in [0.29, 0.717) is 0 Å². The van der Waals surface area contributed by atoms with E-state index in [1.807, 2.05) is 6.92 Å². The summed E-state index contributed by atoms with van der Waals surface area (Å²) >= 11 is 0. The van der Waals surface area contributed by atoms with E-state index in [1.54, 1.807) is 0 Å². The highest BCUT2D eigenvalue weighted by Crippen LogP contribution is 1.99. The molecule has 0 fully saturated rings. The molecule has 0 unspecified atom stereocenters. The Morgan fingerprint density at radius 3 is 1.42 bits per heavy atom. The van der Waals surface area contributed by atoms with Crippen molar-refractivity contribution in [1.29, 1.82) is 0 Å². The van der Waals surface area contributed by atoms with Gasteiger partial charge in [0.15, 0.2) is 0 Å². The lowest BCUT2D eigenvalue weighted by Crippen LogP contribution is -1.92. The lowest BCUT2D eigenvalue weighted by molar-refractivity contribution is -0.137. The van der Waals surface area contributed by atoms with Crippen LogP contribution in [0, 0.1) is 0 Å². The number of carbonyl (C=O) groups is 1. The minimum Gasteiger partial charge on any atom is -0.481 e. The highest BCUT2D eigenvalue weighted by molar-refractivity contribution is 5.66. The van der Waals surface area contributed by atoms with Gasteiger partial charge in [0.1, 0.15) is 0 Å². The Balaban J connectivity index is 3.49. The quantitative estimate of drug-likeness (QED) is 0.290. The largest absolute Gasteiger partial charge is 0.481 e. The van der Waals surface area contributed by atoms with Crippen LogP contribution in [0.5, 0.6) is 0 Å². The van der Waals surface area contributed by atoms with Crippen LogP contribution in [0.15, 0.2) is 72.9 Å². The number of aliphatic carboxylic acids is 1. The van der Waals surface area contributed by atoms with Gasteiger partial charge in [-0.25, -0.2) is 0 Å². The molecule has 0 amide bonds. The highest BCUT2D eigenvalue weighted by atomic mass is 16.4. The molecule has 0 aromatic carbocycles. The molecular formula is C22H32O2. The summed E-state index contributed by atoms with van der Waals surface area (Å²) in [4.78, 5) is 10.3. The third-order valence-corrected chi connectivity index (χ3v) is 3.19. The fourth-order valence-corrected chi connectivity index (χ4v) is 1.88. The van der Waals surface area contributed by atoms with E-state index in [9.17, 15) is 4.79 Å². The second-order valence-corrected chi connectivity index (χ2v) is 5.39. The minimum atomic E-state index is -0.717. The first kappa shape index (κ1) is 21.9. The van der Waals surface area contributed by atoms with E-state index in [0.717, 1.165) is 44.9 Å². The Bertz CT molecular complexity index is 462.